The highest BCUT2D eigenvalue weighted by Crippen LogP contribution is 2.34. The Bertz CT molecular complexity index is 1860. The minimum absolute atomic E-state index is 0.0246. The molecule has 0 N–H and O–H groups in total. The van der Waals surface area contributed by atoms with E-state index in [1.165, 1.54) is 46.2 Å². The predicted molar refractivity (Wildman–Crippen MR) is 139 cm³/mol. The van der Waals surface area contributed by atoms with Crippen molar-refractivity contribution in [1.29, 1.82) is 0 Å². The quantitative estimate of drug-likeness (QED) is 0.151. The molecule has 1 aromatic carbocycles. The lowest BCUT2D eigenvalue weighted by atomic mass is 10.0. The molecule has 5 heterocycles. The smallest absolute Gasteiger partial charge is 0.435 e. The Hall–Kier alpha value is -5.18. The van der Waals surface area contributed by atoms with Crippen molar-refractivity contribution in [3.63, 3.8) is 0 Å². The molecule has 212 valence electrons. The van der Waals surface area contributed by atoms with Gasteiger partial charge in [0.05, 0.1) is 34.6 Å². The van der Waals surface area contributed by atoms with Crippen LogP contribution in [0.25, 0.3) is 27.9 Å². The van der Waals surface area contributed by atoms with Gasteiger partial charge in [0.15, 0.2) is 23.7 Å². The first-order chi connectivity index (χ1) is 20.2. The minimum Gasteiger partial charge on any atom is -0.618 e. The van der Waals surface area contributed by atoms with E-state index in [9.17, 15) is 18.4 Å². The number of alkyl halides is 3. The Morgan fingerprint density at radius 2 is 1.81 bits per heavy atom. The molecular formula is C26H17ClF4N10O. The topological polar surface area (TPSA) is 119 Å². The van der Waals surface area contributed by atoms with Crippen LogP contribution in [0, 0.1) is 11.0 Å². The third-order valence-corrected chi connectivity index (χ3v) is 6.76. The van der Waals surface area contributed by atoms with Crippen molar-refractivity contribution in [3.05, 3.63) is 113 Å². The largest absolute Gasteiger partial charge is 0.618 e. The van der Waals surface area contributed by atoms with Crippen LogP contribution in [0.1, 0.15) is 17.4 Å². The summed E-state index contributed by atoms with van der Waals surface area (Å²) in [5.74, 6) is -0.792. The summed E-state index contributed by atoms with van der Waals surface area (Å²) in [4.78, 5) is 3.99. The summed E-state index contributed by atoms with van der Waals surface area (Å²) in [6.45, 7) is -0.170. The molecule has 0 fully saturated rings. The Kier molecular flexibility index (Phi) is 6.86. The normalized spacial score (nSPS) is 12.5. The van der Waals surface area contributed by atoms with Crippen molar-refractivity contribution in [2.24, 2.45) is 0 Å². The van der Waals surface area contributed by atoms with E-state index in [0.717, 1.165) is 22.5 Å². The van der Waals surface area contributed by atoms with E-state index < -0.39 is 23.7 Å². The van der Waals surface area contributed by atoms with Gasteiger partial charge in [-0.1, -0.05) is 11.6 Å². The van der Waals surface area contributed by atoms with Gasteiger partial charge < -0.3 is 5.21 Å². The fourth-order valence-corrected chi connectivity index (χ4v) is 4.64. The number of tetrazole rings is 1. The fraction of sp³-hybridized carbons (Fsp3) is 0.115. The van der Waals surface area contributed by atoms with E-state index in [0.29, 0.717) is 10.3 Å². The highest BCUT2D eigenvalue weighted by Gasteiger charge is 2.34. The molecule has 0 spiro atoms. The second-order valence-corrected chi connectivity index (χ2v) is 9.47. The van der Waals surface area contributed by atoms with Gasteiger partial charge in [0.25, 0.3) is 0 Å². The third kappa shape index (κ3) is 5.16. The molecule has 16 heteroatoms. The molecule has 6 aromatic rings. The Balaban J connectivity index is 1.43. The molecule has 42 heavy (non-hydrogen) atoms. The summed E-state index contributed by atoms with van der Waals surface area (Å²) in [6, 6.07) is 9.26. The molecule has 0 radical (unpaired) electrons. The van der Waals surface area contributed by atoms with Crippen LogP contribution in [-0.4, -0.2) is 44.8 Å². The zero-order chi connectivity index (χ0) is 29.4. The Labute approximate surface area is 238 Å². The average Bonchev–Trinajstić information content (AvgIpc) is 3.76. The minimum atomic E-state index is -4.64. The maximum absolute atomic E-state index is 15.3. The van der Waals surface area contributed by atoms with Gasteiger partial charge in [-0.05, 0) is 52.4 Å². The molecule has 0 aliphatic carbocycles. The van der Waals surface area contributed by atoms with Crippen molar-refractivity contribution in [3.8, 4) is 27.9 Å². The lowest BCUT2D eigenvalue weighted by Crippen LogP contribution is -2.37. The standard InChI is InChI=1S/C26H17ClF4N10O/c27-19-2-4-21(40-15-33-36-37-40)24(25(19)28)17-1-3-20(41(42)13-17)22(14-38-10-7-23(35-38)26(29,30)31)39-12-18(11-34-39)16-5-8-32-9-6-16/h1-13,15,22H,14H2. The summed E-state index contributed by atoms with van der Waals surface area (Å²) in [5.41, 5.74) is 0.898. The molecule has 5 aromatic heterocycles. The number of benzene rings is 1. The van der Waals surface area contributed by atoms with Gasteiger partial charge in [0, 0.05) is 36.4 Å². The average molecular weight is 597 g/mol. The first kappa shape index (κ1) is 27.0. The SMILES string of the molecule is [O-][n+]1cc(-c2c(-n3cnnn3)ccc(Cl)c2F)ccc1C(Cn1ccc(C(F)(F)F)n1)n1cc(-c2ccncc2)cn1. The number of hydrogen-bond donors (Lipinski definition) is 0. The number of halogens is 5. The zero-order valence-corrected chi connectivity index (χ0v) is 21.9. The molecule has 0 aliphatic heterocycles. The monoisotopic (exact) mass is 596 g/mol. The highest BCUT2D eigenvalue weighted by molar-refractivity contribution is 6.31. The van der Waals surface area contributed by atoms with E-state index in [4.69, 9.17) is 11.6 Å². The van der Waals surface area contributed by atoms with Gasteiger partial charge in [0.2, 0.25) is 5.69 Å². The molecule has 0 saturated heterocycles. The first-order valence-electron chi connectivity index (χ1n) is 12.2. The van der Waals surface area contributed by atoms with Gasteiger partial charge >= 0.3 is 6.18 Å². The van der Waals surface area contributed by atoms with Gasteiger partial charge in [-0.3, -0.25) is 14.3 Å². The van der Waals surface area contributed by atoms with Crippen LogP contribution in [0.3, 0.4) is 0 Å². The molecule has 0 aliphatic rings. The predicted octanol–water partition coefficient (Wildman–Crippen LogP) is 4.52. The molecule has 0 amide bonds. The lowest BCUT2D eigenvalue weighted by molar-refractivity contribution is -0.615. The van der Waals surface area contributed by atoms with Gasteiger partial charge in [-0.15, -0.1) is 5.10 Å². The summed E-state index contributed by atoms with van der Waals surface area (Å²) in [7, 11) is 0. The van der Waals surface area contributed by atoms with E-state index in [1.807, 2.05) is 0 Å². The highest BCUT2D eigenvalue weighted by atomic mass is 35.5. The molecule has 6 rings (SSSR count). The van der Waals surface area contributed by atoms with Crippen LogP contribution < -0.4 is 4.73 Å². The number of rotatable bonds is 7. The van der Waals surface area contributed by atoms with Crippen LogP contribution in [-0.2, 0) is 12.7 Å². The van der Waals surface area contributed by atoms with Gasteiger partial charge in [-0.25, -0.2) is 4.39 Å². The van der Waals surface area contributed by atoms with Crippen molar-refractivity contribution in [1.82, 2.24) is 44.8 Å². The summed E-state index contributed by atoms with van der Waals surface area (Å²) < 4.78 is 59.3. The fourth-order valence-electron chi connectivity index (χ4n) is 4.48. The van der Waals surface area contributed by atoms with Gasteiger partial charge in [-0.2, -0.15) is 32.8 Å². The van der Waals surface area contributed by atoms with Crippen LogP contribution in [0.15, 0.2) is 86.0 Å². The number of hydrogen-bond acceptors (Lipinski definition) is 7. The maximum atomic E-state index is 15.3. The van der Waals surface area contributed by atoms with E-state index >= 15 is 4.39 Å². The van der Waals surface area contributed by atoms with Gasteiger partial charge in [0.1, 0.15) is 6.33 Å². The summed E-state index contributed by atoms with van der Waals surface area (Å²) in [6.07, 6.45) is 5.38. The van der Waals surface area contributed by atoms with Crippen molar-refractivity contribution < 1.29 is 22.3 Å². The number of pyridine rings is 2. The summed E-state index contributed by atoms with van der Waals surface area (Å²) >= 11 is 6.05. The van der Waals surface area contributed by atoms with E-state index in [1.54, 1.807) is 36.9 Å². The Morgan fingerprint density at radius 3 is 2.50 bits per heavy atom. The molecule has 1 unspecified atom stereocenters. The van der Waals surface area contributed by atoms with Crippen LogP contribution >= 0.6 is 11.6 Å². The summed E-state index contributed by atoms with van der Waals surface area (Å²) in [5, 5.41) is 32.3. The van der Waals surface area contributed by atoms with E-state index in [2.05, 4.69) is 30.7 Å². The first-order valence-corrected chi connectivity index (χ1v) is 12.6. The maximum Gasteiger partial charge on any atom is 0.435 e. The van der Waals surface area contributed by atoms with Crippen LogP contribution in [0.4, 0.5) is 17.6 Å². The molecular weight excluding hydrogens is 580 g/mol. The van der Waals surface area contributed by atoms with Crippen LogP contribution in [0.2, 0.25) is 5.02 Å². The molecule has 1 atom stereocenters. The lowest BCUT2D eigenvalue weighted by Gasteiger charge is -2.18. The number of aromatic nitrogens is 10. The van der Waals surface area contributed by atoms with Crippen LogP contribution in [0.5, 0.6) is 0 Å². The molecule has 0 saturated carbocycles. The zero-order valence-electron chi connectivity index (χ0n) is 21.1. The molecule has 11 nitrogen and oxygen atoms in total. The Morgan fingerprint density at radius 1 is 1.00 bits per heavy atom. The molecule has 0 bridgehead atoms. The van der Waals surface area contributed by atoms with Crippen molar-refractivity contribution >= 4 is 11.6 Å². The third-order valence-electron chi connectivity index (χ3n) is 6.47. The van der Waals surface area contributed by atoms with Crippen molar-refractivity contribution in [2.75, 3.05) is 0 Å². The second kappa shape index (κ2) is 10.7. The second-order valence-electron chi connectivity index (χ2n) is 9.06. The van der Waals surface area contributed by atoms with Crippen molar-refractivity contribution in [2.45, 2.75) is 18.8 Å². The van der Waals surface area contributed by atoms with E-state index in [-0.39, 0.29) is 34.1 Å². The number of nitrogens with zero attached hydrogens (tertiary/aromatic N) is 10.